The number of ether oxygens (including phenoxy) is 1. The first kappa shape index (κ1) is 14.0. The summed E-state index contributed by atoms with van der Waals surface area (Å²) in [5.74, 6) is -0.860. The fourth-order valence-corrected chi connectivity index (χ4v) is 3.63. The van der Waals surface area contributed by atoms with Gasteiger partial charge < -0.3 is 13.6 Å². The quantitative estimate of drug-likeness (QED) is 0.379. The average molecular weight is 262 g/mol. The lowest BCUT2D eigenvalue weighted by Crippen LogP contribution is -2.58. The predicted molar refractivity (Wildman–Crippen MR) is 68.3 cm³/mol. The number of hydrogen-bond acceptors (Lipinski definition) is 4. The maximum atomic E-state index is 11.4. The van der Waals surface area contributed by atoms with E-state index < -0.39 is 11.4 Å². The Morgan fingerprint density at radius 3 is 2.19 bits per heavy atom. The molecule has 0 radical (unpaired) electrons. The second-order valence-electron chi connectivity index (χ2n) is 5.24. The minimum atomic E-state index is -0.881. The molecule has 94 valence electrons. The molecule has 1 aliphatic rings. The van der Waals surface area contributed by atoms with Crippen molar-refractivity contribution in [1.29, 1.82) is 0 Å². The molecule has 1 saturated carbocycles. The van der Waals surface area contributed by atoms with Crippen LogP contribution in [0.2, 0.25) is 0 Å². The first-order chi connectivity index (χ1) is 7.35. The molecular formula is C10H22O4Si2. The molecule has 0 aliphatic heterocycles. The third-order valence-corrected chi connectivity index (χ3v) is 4.44. The first-order valence-corrected chi connectivity index (χ1v) is 7.25. The molecule has 0 aromatic carbocycles. The summed E-state index contributed by atoms with van der Waals surface area (Å²) in [6, 6.07) is 0. The average Bonchev–Trinajstić information content (AvgIpc) is 2.55. The molecule has 0 bridgehead atoms. The summed E-state index contributed by atoms with van der Waals surface area (Å²) in [4.78, 5) is 11.4. The van der Waals surface area contributed by atoms with Crippen LogP contribution in [0.15, 0.2) is 0 Å². The summed E-state index contributed by atoms with van der Waals surface area (Å²) in [5.41, 5.74) is -1.22. The third kappa shape index (κ3) is 2.30. The van der Waals surface area contributed by atoms with Crippen LogP contribution in [0.1, 0.15) is 40.0 Å². The number of rotatable bonds is 4. The Morgan fingerprint density at radius 2 is 1.81 bits per heavy atom. The maximum Gasteiger partial charge on any atom is 0.194 e. The largest absolute Gasteiger partial charge is 0.412 e. The van der Waals surface area contributed by atoms with Gasteiger partial charge in [0.15, 0.2) is 17.7 Å². The summed E-state index contributed by atoms with van der Waals surface area (Å²) in [5, 5.41) is 0. The van der Waals surface area contributed by atoms with E-state index in [1.54, 1.807) is 0 Å². The number of hydrogen-bond donors (Lipinski definition) is 0. The summed E-state index contributed by atoms with van der Waals surface area (Å²) >= 11 is 0. The number of aldehydes is 1. The first-order valence-electron chi connectivity index (χ1n) is 5.61. The van der Waals surface area contributed by atoms with E-state index in [0.29, 0.717) is 27.4 Å². The van der Waals surface area contributed by atoms with Crippen molar-refractivity contribution in [2.45, 2.75) is 57.0 Å². The summed E-state index contributed by atoms with van der Waals surface area (Å²) in [6.07, 6.45) is 3.20. The van der Waals surface area contributed by atoms with Crippen molar-refractivity contribution in [2.24, 2.45) is 0 Å². The van der Waals surface area contributed by atoms with Crippen molar-refractivity contribution >= 4 is 27.3 Å². The third-order valence-electron chi connectivity index (χ3n) is 3.05. The van der Waals surface area contributed by atoms with Crippen LogP contribution >= 0.6 is 0 Å². The molecule has 4 nitrogen and oxygen atoms in total. The molecule has 0 spiro atoms. The van der Waals surface area contributed by atoms with E-state index in [1.165, 1.54) is 0 Å². The fraction of sp³-hybridized carbons (Fsp3) is 0.900. The monoisotopic (exact) mass is 262 g/mol. The second kappa shape index (κ2) is 4.69. The Bertz CT molecular complexity index is 266. The highest BCUT2D eigenvalue weighted by Gasteiger charge is 2.58. The highest BCUT2D eigenvalue weighted by atomic mass is 28.2. The van der Waals surface area contributed by atoms with Gasteiger partial charge in [0.2, 0.25) is 0 Å². The van der Waals surface area contributed by atoms with E-state index in [9.17, 15) is 4.79 Å². The van der Waals surface area contributed by atoms with Gasteiger partial charge in [0, 0.05) is 6.42 Å². The molecule has 6 heteroatoms. The zero-order valence-electron chi connectivity index (χ0n) is 10.8. The van der Waals surface area contributed by atoms with Crippen LogP contribution < -0.4 is 0 Å². The van der Waals surface area contributed by atoms with Crippen LogP contribution in [0.25, 0.3) is 0 Å². The van der Waals surface area contributed by atoms with Crippen LogP contribution in [0.4, 0.5) is 0 Å². The molecule has 1 rings (SSSR count). The van der Waals surface area contributed by atoms with Crippen LogP contribution in [0.5, 0.6) is 0 Å². The van der Waals surface area contributed by atoms with Crippen molar-refractivity contribution in [3.05, 3.63) is 0 Å². The number of carbonyl (C=O) groups is 1. The van der Waals surface area contributed by atoms with E-state index in [4.69, 9.17) is 13.6 Å². The molecule has 0 saturated heterocycles. The Labute approximate surface area is 103 Å². The van der Waals surface area contributed by atoms with Crippen LogP contribution in [-0.4, -0.2) is 44.2 Å². The lowest BCUT2D eigenvalue weighted by Gasteiger charge is -2.44. The topological polar surface area (TPSA) is 44.8 Å². The maximum absolute atomic E-state index is 11.4. The van der Waals surface area contributed by atoms with Gasteiger partial charge in [-0.25, -0.2) is 0 Å². The van der Waals surface area contributed by atoms with Gasteiger partial charge in [-0.15, -0.1) is 0 Å². The minimum Gasteiger partial charge on any atom is -0.412 e. The van der Waals surface area contributed by atoms with Gasteiger partial charge in [0.25, 0.3) is 0 Å². The SMILES string of the molecule is CC(C)(C)OC1(O[SiH3])CCCC1(C=O)O[SiH3]. The van der Waals surface area contributed by atoms with Crippen molar-refractivity contribution < 1.29 is 18.4 Å². The van der Waals surface area contributed by atoms with Gasteiger partial charge in [-0.2, -0.15) is 0 Å². The molecule has 0 N–H and O–H groups in total. The molecule has 2 atom stereocenters. The second-order valence-corrected chi connectivity index (χ2v) is 6.05. The van der Waals surface area contributed by atoms with E-state index in [1.807, 2.05) is 20.8 Å². The predicted octanol–water partition coefficient (Wildman–Crippen LogP) is -0.787. The Hall–Kier alpha value is -0.0162. The van der Waals surface area contributed by atoms with Crippen LogP contribution in [0.3, 0.4) is 0 Å². The summed E-state index contributed by atoms with van der Waals surface area (Å²) < 4.78 is 17.2. The van der Waals surface area contributed by atoms with E-state index in [2.05, 4.69) is 0 Å². The van der Waals surface area contributed by atoms with Crippen LogP contribution in [-0.2, 0) is 18.4 Å². The minimum absolute atomic E-state index is 0.344. The van der Waals surface area contributed by atoms with Crippen molar-refractivity contribution in [3.63, 3.8) is 0 Å². The highest BCUT2D eigenvalue weighted by Crippen LogP contribution is 2.45. The molecule has 0 aromatic rings. The Morgan fingerprint density at radius 1 is 1.19 bits per heavy atom. The van der Waals surface area contributed by atoms with Crippen molar-refractivity contribution in [1.82, 2.24) is 0 Å². The van der Waals surface area contributed by atoms with Crippen LogP contribution in [0, 0.1) is 0 Å². The Kier molecular flexibility index (Phi) is 4.12. The van der Waals surface area contributed by atoms with Gasteiger partial charge in [-0.3, -0.25) is 4.79 Å². The van der Waals surface area contributed by atoms with Gasteiger partial charge in [-0.05, 0) is 33.6 Å². The lowest BCUT2D eigenvalue weighted by molar-refractivity contribution is -0.283. The normalized spacial score (nSPS) is 35.7. The van der Waals surface area contributed by atoms with Gasteiger partial charge in [0.05, 0.1) is 5.60 Å². The smallest absolute Gasteiger partial charge is 0.194 e. The molecule has 0 heterocycles. The molecule has 2 unspecified atom stereocenters. The summed E-state index contributed by atoms with van der Waals surface area (Å²) in [7, 11) is 1.04. The molecule has 1 fully saturated rings. The molecule has 0 amide bonds. The molecule has 1 aliphatic carbocycles. The Balaban J connectivity index is 3.05. The van der Waals surface area contributed by atoms with Gasteiger partial charge in [0.1, 0.15) is 21.0 Å². The zero-order valence-corrected chi connectivity index (χ0v) is 14.8. The van der Waals surface area contributed by atoms with Gasteiger partial charge >= 0.3 is 0 Å². The highest BCUT2D eigenvalue weighted by molar-refractivity contribution is 6.00. The standard InChI is InChI=1S/C10H22O4Si2/c1-8(2,3)12-10(14-16)6-4-5-9(10,7-11)13-15/h7H,4-6H2,1-3,15-16H3. The van der Waals surface area contributed by atoms with E-state index >= 15 is 0 Å². The van der Waals surface area contributed by atoms with Crippen molar-refractivity contribution in [3.8, 4) is 0 Å². The van der Waals surface area contributed by atoms with Gasteiger partial charge in [-0.1, -0.05) is 0 Å². The number of carbonyl (C=O) groups excluding carboxylic acids is 1. The molecule has 0 aromatic heterocycles. The molecule has 16 heavy (non-hydrogen) atoms. The van der Waals surface area contributed by atoms with E-state index in [-0.39, 0.29) is 5.60 Å². The zero-order chi connectivity index (χ0) is 12.4. The fourth-order valence-electron chi connectivity index (χ4n) is 2.39. The molecular weight excluding hydrogens is 240 g/mol. The van der Waals surface area contributed by atoms with Crippen molar-refractivity contribution in [2.75, 3.05) is 0 Å². The van der Waals surface area contributed by atoms with E-state index in [0.717, 1.165) is 19.1 Å². The lowest BCUT2D eigenvalue weighted by atomic mass is 9.97. The summed E-state index contributed by atoms with van der Waals surface area (Å²) in [6.45, 7) is 5.91.